The Kier molecular flexibility index (Phi) is 2.90. The van der Waals surface area contributed by atoms with E-state index in [0.717, 1.165) is 0 Å². The van der Waals surface area contributed by atoms with E-state index in [1.165, 1.54) is 6.07 Å². The molecular weight excluding hydrogens is 303 g/mol. The number of rotatable bonds is 0. The van der Waals surface area contributed by atoms with E-state index in [1.54, 1.807) is 6.07 Å². The first-order valence-electron chi connectivity index (χ1n) is 5.89. The maximum absolute atomic E-state index is 14.0. The zero-order valence-corrected chi connectivity index (χ0v) is 11.3. The number of Topliss-reactive ketones (excluding diaryl/α,β-unsaturated/α-hetero) is 1. The van der Waals surface area contributed by atoms with Crippen molar-refractivity contribution in [2.45, 2.75) is 24.9 Å². The summed E-state index contributed by atoms with van der Waals surface area (Å²) in [6, 6.07) is 3.15. The lowest BCUT2D eigenvalue weighted by atomic mass is 9.84. The van der Waals surface area contributed by atoms with Crippen molar-refractivity contribution in [2.24, 2.45) is 0 Å². The van der Waals surface area contributed by atoms with Crippen molar-refractivity contribution in [1.82, 2.24) is 0 Å². The maximum atomic E-state index is 14.0. The van der Waals surface area contributed by atoms with Crippen molar-refractivity contribution in [3.8, 4) is 5.75 Å². The third-order valence-electron chi connectivity index (χ3n) is 3.56. The van der Waals surface area contributed by atoms with Gasteiger partial charge in [-0.15, -0.1) is 0 Å². The van der Waals surface area contributed by atoms with Crippen molar-refractivity contribution < 1.29 is 18.7 Å². The zero-order chi connectivity index (χ0) is 12.8. The number of benzene rings is 1. The standard InChI is InChI=1S/C13H12BrFO3/c14-9-2-1-8-10(16)7-13(3-5-17-6-4-13)18-12(8)11(9)15/h1-2H,3-7H2. The van der Waals surface area contributed by atoms with E-state index < -0.39 is 11.4 Å². The number of carbonyl (C=O) groups is 1. The number of hydrogen-bond acceptors (Lipinski definition) is 3. The highest BCUT2D eigenvalue weighted by atomic mass is 79.9. The van der Waals surface area contributed by atoms with Crippen LogP contribution >= 0.6 is 15.9 Å². The molecule has 0 amide bonds. The van der Waals surface area contributed by atoms with Gasteiger partial charge in [-0.2, -0.15) is 0 Å². The van der Waals surface area contributed by atoms with E-state index >= 15 is 0 Å². The minimum Gasteiger partial charge on any atom is -0.483 e. The molecule has 3 rings (SSSR count). The van der Waals surface area contributed by atoms with Gasteiger partial charge in [-0.1, -0.05) is 0 Å². The normalized spacial score (nSPS) is 21.6. The van der Waals surface area contributed by atoms with E-state index in [4.69, 9.17) is 9.47 Å². The molecule has 5 heteroatoms. The molecule has 96 valence electrons. The number of hydrogen-bond donors (Lipinski definition) is 0. The molecule has 1 aromatic rings. The van der Waals surface area contributed by atoms with Crippen LogP contribution in [-0.4, -0.2) is 24.6 Å². The smallest absolute Gasteiger partial charge is 0.179 e. The van der Waals surface area contributed by atoms with Crippen molar-refractivity contribution >= 4 is 21.7 Å². The molecule has 2 aliphatic heterocycles. The molecule has 0 aromatic heterocycles. The van der Waals surface area contributed by atoms with Crippen LogP contribution in [0.25, 0.3) is 0 Å². The molecule has 0 saturated carbocycles. The first-order valence-corrected chi connectivity index (χ1v) is 6.69. The van der Waals surface area contributed by atoms with Crippen LogP contribution in [0.2, 0.25) is 0 Å². The van der Waals surface area contributed by atoms with Gasteiger partial charge in [0.05, 0.1) is 29.7 Å². The predicted molar refractivity (Wildman–Crippen MR) is 66.5 cm³/mol. The topological polar surface area (TPSA) is 35.5 Å². The van der Waals surface area contributed by atoms with Crippen molar-refractivity contribution in [2.75, 3.05) is 13.2 Å². The Morgan fingerprint density at radius 2 is 2.00 bits per heavy atom. The van der Waals surface area contributed by atoms with Gasteiger partial charge in [-0.05, 0) is 28.1 Å². The highest BCUT2D eigenvalue weighted by molar-refractivity contribution is 9.10. The molecule has 0 bridgehead atoms. The Hall–Kier alpha value is -0.940. The third kappa shape index (κ3) is 1.86. The van der Waals surface area contributed by atoms with Crippen LogP contribution in [0.5, 0.6) is 5.75 Å². The highest BCUT2D eigenvalue weighted by Gasteiger charge is 2.43. The minimum atomic E-state index is -0.579. The van der Waals surface area contributed by atoms with Gasteiger partial charge >= 0.3 is 0 Å². The molecule has 0 radical (unpaired) electrons. The first-order chi connectivity index (χ1) is 8.61. The van der Waals surface area contributed by atoms with Crippen LogP contribution in [0.15, 0.2) is 16.6 Å². The molecule has 3 nitrogen and oxygen atoms in total. The molecule has 0 N–H and O–H groups in total. The Balaban J connectivity index is 2.05. The third-order valence-corrected chi connectivity index (χ3v) is 4.17. The fourth-order valence-corrected chi connectivity index (χ4v) is 2.83. The molecular formula is C13H12BrFO3. The SMILES string of the molecule is O=C1CC2(CCOCC2)Oc2c1ccc(Br)c2F. The number of halogens is 2. The quantitative estimate of drug-likeness (QED) is 0.738. The van der Waals surface area contributed by atoms with Gasteiger partial charge in [0.25, 0.3) is 0 Å². The lowest BCUT2D eigenvalue weighted by Gasteiger charge is -2.40. The van der Waals surface area contributed by atoms with E-state index in [2.05, 4.69) is 15.9 Å². The molecule has 1 aromatic carbocycles. The Bertz CT molecular complexity index is 509. The van der Waals surface area contributed by atoms with E-state index in [-0.39, 0.29) is 11.5 Å². The molecule has 0 unspecified atom stereocenters. The molecule has 18 heavy (non-hydrogen) atoms. The maximum Gasteiger partial charge on any atom is 0.179 e. The summed E-state index contributed by atoms with van der Waals surface area (Å²) in [6.07, 6.45) is 1.57. The van der Waals surface area contributed by atoms with Gasteiger partial charge in [-0.25, -0.2) is 4.39 Å². The fourth-order valence-electron chi connectivity index (χ4n) is 2.51. The Morgan fingerprint density at radius 3 is 2.72 bits per heavy atom. The summed E-state index contributed by atoms with van der Waals surface area (Å²) in [6.45, 7) is 1.11. The van der Waals surface area contributed by atoms with E-state index in [1.807, 2.05) is 0 Å². The number of ketones is 1. The summed E-state index contributed by atoms with van der Waals surface area (Å²) in [5.41, 5.74) is -0.239. The molecule has 0 atom stereocenters. The minimum absolute atomic E-state index is 0.0513. The van der Waals surface area contributed by atoms with Crippen molar-refractivity contribution in [1.29, 1.82) is 0 Å². The fraction of sp³-hybridized carbons (Fsp3) is 0.462. The monoisotopic (exact) mass is 314 g/mol. The van der Waals surface area contributed by atoms with Crippen LogP contribution < -0.4 is 4.74 Å². The van der Waals surface area contributed by atoms with E-state index in [9.17, 15) is 9.18 Å². The van der Waals surface area contributed by atoms with Crippen molar-refractivity contribution in [3.05, 3.63) is 28.0 Å². The Labute approximate surface area is 112 Å². The molecule has 1 fully saturated rings. The van der Waals surface area contributed by atoms with Gasteiger partial charge in [0.15, 0.2) is 17.3 Å². The molecule has 2 aliphatic rings. The largest absolute Gasteiger partial charge is 0.483 e. The first kappa shape index (κ1) is 12.1. The summed E-state index contributed by atoms with van der Waals surface area (Å²) >= 11 is 3.12. The number of ether oxygens (including phenoxy) is 2. The van der Waals surface area contributed by atoms with E-state index in [0.29, 0.717) is 42.5 Å². The molecule has 0 aliphatic carbocycles. The van der Waals surface area contributed by atoms with Crippen LogP contribution in [0.1, 0.15) is 29.6 Å². The Morgan fingerprint density at radius 1 is 1.28 bits per heavy atom. The second-order valence-corrected chi connectivity index (χ2v) is 5.59. The lowest BCUT2D eigenvalue weighted by Crippen LogP contribution is -2.46. The predicted octanol–water partition coefficient (Wildman–Crippen LogP) is 3.10. The number of fused-ring (bicyclic) bond motifs is 1. The van der Waals surface area contributed by atoms with Crippen LogP contribution in [0.3, 0.4) is 0 Å². The van der Waals surface area contributed by atoms with Gasteiger partial charge in [0, 0.05) is 12.8 Å². The highest BCUT2D eigenvalue weighted by Crippen LogP contribution is 2.41. The lowest BCUT2D eigenvalue weighted by molar-refractivity contribution is -0.0523. The van der Waals surface area contributed by atoms with Gasteiger partial charge in [-0.3, -0.25) is 4.79 Å². The second-order valence-electron chi connectivity index (χ2n) is 4.74. The number of carbonyl (C=O) groups excluding carboxylic acids is 1. The van der Waals surface area contributed by atoms with Gasteiger partial charge in [0.2, 0.25) is 0 Å². The van der Waals surface area contributed by atoms with Crippen LogP contribution in [0.4, 0.5) is 4.39 Å². The summed E-state index contributed by atoms with van der Waals surface area (Å²) in [5, 5.41) is 0. The second kappa shape index (κ2) is 4.31. The van der Waals surface area contributed by atoms with Crippen LogP contribution in [0, 0.1) is 5.82 Å². The average molecular weight is 315 g/mol. The average Bonchev–Trinajstić information content (AvgIpc) is 2.35. The molecule has 1 saturated heterocycles. The van der Waals surface area contributed by atoms with Crippen molar-refractivity contribution in [3.63, 3.8) is 0 Å². The molecule has 1 spiro atoms. The zero-order valence-electron chi connectivity index (χ0n) is 9.67. The van der Waals surface area contributed by atoms with Gasteiger partial charge < -0.3 is 9.47 Å². The summed E-state index contributed by atoms with van der Waals surface area (Å²) in [4.78, 5) is 12.1. The summed E-state index contributed by atoms with van der Waals surface area (Å²) in [5.74, 6) is -0.460. The summed E-state index contributed by atoms with van der Waals surface area (Å²) in [7, 11) is 0. The molecule has 2 heterocycles. The van der Waals surface area contributed by atoms with Gasteiger partial charge in [0.1, 0.15) is 5.60 Å². The summed E-state index contributed by atoms with van der Waals surface area (Å²) < 4.78 is 25.5. The van der Waals surface area contributed by atoms with Crippen LogP contribution in [-0.2, 0) is 4.74 Å².